The van der Waals surface area contributed by atoms with Crippen molar-refractivity contribution in [2.24, 2.45) is 11.7 Å². The monoisotopic (exact) mass is 288 g/mol. The fourth-order valence-electron chi connectivity index (χ4n) is 3.20. The van der Waals surface area contributed by atoms with E-state index in [9.17, 15) is 4.79 Å². The Morgan fingerprint density at radius 2 is 2.00 bits per heavy atom. The summed E-state index contributed by atoms with van der Waals surface area (Å²) in [7, 11) is 0. The Bertz CT molecular complexity index is 455. The third kappa shape index (κ3) is 4.31. The first-order valence-corrected chi connectivity index (χ1v) is 8.22. The SMILES string of the molecule is CCCC1CCCN(C(=O)C(N)c2ccc(C)cc2)CC1. The molecule has 0 aliphatic carbocycles. The van der Waals surface area contributed by atoms with E-state index in [1.54, 1.807) is 0 Å². The van der Waals surface area contributed by atoms with Crippen LogP contribution >= 0.6 is 0 Å². The summed E-state index contributed by atoms with van der Waals surface area (Å²) in [6.07, 6.45) is 6.00. The molecule has 1 amide bonds. The maximum absolute atomic E-state index is 12.6. The molecule has 3 heteroatoms. The number of carbonyl (C=O) groups is 1. The molecule has 1 aromatic rings. The highest BCUT2D eigenvalue weighted by atomic mass is 16.2. The number of nitrogens with two attached hydrogens (primary N) is 1. The molecule has 2 N–H and O–H groups in total. The van der Waals surface area contributed by atoms with Gasteiger partial charge in [-0.2, -0.15) is 0 Å². The number of hydrogen-bond donors (Lipinski definition) is 1. The molecular formula is C18H28N2O. The number of carbonyl (C=O) groups excluding carboxylic acids is 1. The molecule has 0 aromatic heterocycles. The van der Waals surface area contributed by atoms with Crippen LogP contribution in [0.25, 0.3) is 0 Å². The van der Waals surface area contributed by atoms with Crippen molar-refractivity contribution in [1.82, 2.24) is 4.90 Å². The van der Waals surface area contributed by atoms with Crippen molar-refractivity contribution in [2.75, 3.05) is 13.1 Å². The van der Waals surface area contributed by atoms with E-state index < -0.39 is 6.04 Å². The van der Waals surface area contributed by atoms with Crippen LogP contribution < -0.4 is 5.73 Å². The largest absolute Gasteiger partial charge is 0.341 e. The standard InChI is InChI=1S/C18H28N2O/c1-3-5-15-6-4-12-20(13-11-15)18(21)17(19)16-9-7-14(2)8-10-16/h7-10,15,17H,3-6,11-13,19H2,1-2H3. The molecular weight excluding hydrogens is 260 g/mol. The molecule has 1 aromatic carbocycles. The minimum atomic E-state index is -0.520. The molecule has 1 fully saturated rings. The summed E-state index contributed by atoms with van der Waals surface area (Å²) in [5, 5.41) is 0. The number of nitrogens with zero attached hydrogens (tertiary/aromatic N) is 1. The van der Waals surface area contributed by atoms with Crippen LogP contribution in [0.4, 0.5) is 0 Å². The molecule has 1 heterocycles. The first-order valence-electron chi connectivity index (χ1n) is 8.22. The van der Waals surface area contributed by atoms with Crippen molar-refractivity contribution in [3.8, 4) is 0 Å². The first kappa shape index (κ1) is 16.0. The van der Waals surface area contributed by atoms with Crippen molar-refractivity contribution < 1.29 is 4.79 Å². The number of likely N-dealkylation sites (tertiary alicyclic amines) is 1. The van der Waals surface area contributed by atoms with Crippen LogP contribution in [0.1, 0.15) is 56.2 Å². The average molecular weight is 288 g/mol. The predicted octanol–water partition coefficient (Wildman–Crippen LogP) is 3.42. The Kier molecular flexibility index (Phi) is 5.80. The maximum Gasteiger partial charge on any atom is 0.244 e. The van der Waals surface area contributed by atoms with Gasteiger partial charge in [0.25, 0.3) is 0 Å². The number of rotatable bonds is 4. The third-order valence-electron chi connectivity index (χ3n) is 4.56. The number of amides is 1. The number of hydrogen-bond acceptors (Lipinski definition) is 2. The van der Waals surface area contributed by atoms with Crippen molar-refractivity contribution in [3.63, 3.8) is 0 Å². The van der Waals surface area contributed by atoms with Gasteiger partial charge in [-0.3, -0.25) is 4.79 Å². The van der Waals surface area contributed by atoms with Crippen LogP contribution in [0.15, 0.2) is 24.3 Å². The van der Waals surface area contributed by atoms with E-state index in [-0.39, 0.29) is 5.91 Å². The lowest BCUT2D eigenvalue weighted by molar-refractivity contribution is -0.132. The van der Waals surface area contributed by atoms with Crippen LogP contribution in [0, 0.1) is 12.8 Å². The first-order chi connectivity index (χ1) is 10.1. The summed E-state index contributed by atoms with van der Waals surface area (Å²) in [6.45, 7) is 6.00. The van der Waals surface area contributed by atoms with Gasteiger partial charge < -0.3 is 10.6 Å². The van der Waals surface area contributed by atoms with Gasteiger partial charge in [0.2, 0.25) is 5.91 Å². The normalized spacial score (nSPS) is 20.9. The van der Waals surface area contributed by atoms with E-state index in [1.165, 1.54) is 24.8 Å². The van der Waals surface area contributed by atoms with Crippen LogP contribution in [0.2, 0.25) is 0 Å². The van der Waals surface area contributed by atoms with Crippen molar-refractivity contribution in [3.05, 3.63) is 35.4 Å². The zero-order valence-corrected chi connectivity index (χ0v) is 13.3. The summed E-state index contributed by atoms with van der Waals surface area (Å²) >= 11 is 0. The topological polar surface area (TPSA) is 46.3 Å². The third-order valence-corrected chi connectivity index (χ3v) is 4.56. The van der Waals surface area contributed by atoms with Crippen LogP contribution in [-0.4, -0.2) is 23.9 Å². The average Bonchev–Trinajstić information content (AvgIpc) is 2.73. The molecule has 21 heavy (non-hydrogen) atoms. The number of aryl methyl sites for hydroxylation is 1. The molecule has 1 aliphatic heterocycles. The second-order valence-electron chi connectivity index (χ2n) is 6.30. The zero-order chi connectivity index (χ0) is 15.2. The smallest absolute Gasteiger partial charge is 0.244 e. The Morgan fingerprint density at radius 3 is 2.67 bits per heavy atom. The summed E-state index contributed by atoms with van der Waals surface area (Å²) in [6, 6.07) is 7.45. The summed E-state index contributed by atoms with van der Waals surface area (Å²) in [5.41, 5.74) is 8.28. The lowest BCUT2D eigenvalue weighted by atomic mass is 9.96. The number of benzene rings is 1. The molecule has 2 rings (SSSR count). The van der Waals surface area contributed by atoms with Gasteiger partial charge in [0.15, 0.2) is 0 Å². The highest BCUT2D eigenvalue weighted by Gasteiger charge is 2.25. The van der Waals surface area contributed by atoms with E-state index in [2.05, 4.69) is 6.92 Å². The van der Waals surface area contributed by atoms with E-state index >= 15 is 0 Å². The molecule has 3 nitrogen and oxygen atoms in total. The minimum absolute atomic E-state index is 0.0796. The molecule has 0 radical (unpaired) electrons. The van der Waals surface area contributed by atoms with Gasteiger partial charge in [-0.15, -0.1) is 0 Å². The maximum atomic E-state index is 12.6. The molecule has 0 spiro atoms. The quantitative estimate of drug-likeness (QED) is 0.922. The highest BCUT2D eigenvalue weighted by molar-refractivity contribution is 5.83. The van der Waals surface area contributed by atoms with Gasteiger partial charge in [0.1, 0.15) is 6.04 Å². The Morgan fingerprint density at radius 1 is 1.29 bits per heavy atom. The molecule has 1 saturated heterocycles. The fourth-order valence-corrected chi connectivity index (χ4v) is 3.20. The van der Waals surface area contributed by atoms with Gasteiger partial charge in [-0.05, 0) is 37.7 Å². The molecule has 0 saturated carbocycles. The lowest BCUT2D eigenvalue weighted by Gasteiger charge is -2.24. The van der Waals surface area contributed by atoms with Crippen molar-refractivity contribution >= 4 is 5.91 Å². The summed E-state index contributed by atoms with van der Waals surface area (Å²) < 4.78 is 0. The molecule has 1 aliphatic rings. The van der Waals surface area contributed by atoms with Gasteiger partial charge in [0, 0.05) is 13.1 Å². The Hall–Kier alpha value is -1.35. The molecule has 2 atom stereocenters. The van der Waals surface area contributed by atoms with Gasteiger partial charge >= 0.3 is 0 Å². The predicted molar refractivity (Wildman–Crippen MR) is 86.9 cm³/mol. The molecule has 2 unspecified atom stereocenters. The molecule has 116 valence electrons. The minimum Gasteiger partial charge on any atom is -0.341 e. The zero-order valence-electron chi connectivity index (χ0n) is 13.3. The summed E-state index contributed by atoms with van der Waals surface area (Å²) in [5.74, 6) is 0.861. The fraction of sp³-hybridized carbons (Fsp3) is 0.611. The van der Waals surface area contributed by atoms with Crippen molar-refractivity contribution in [1.29, 1.82) is 0 Å². The van der Waals surface area contributed by atoms with Crippen LogP contribution in [-0.2, 0) is 4.79 Å². The van der Waals surface area contributed by atoms with Gasteiger partial charge in [-0.25, -0.2) is 0 Å². The Balaban J connectivity index is 1.97. The second kappa shape index (κ2) is 7.60. The highest BCUT2D eigenvalue weighted by Crippen LogP contribution is 2.23. The van der Waals surface area contributed by atoms with E-state index in [0.29, 0.717) is 0 Å². The van der Waals surface area contributed by atoms with E-state index in [0.717, 1.165) is 37.4 Å². The summed E-state index contributed by atoms with van der Waals surface area (Å²) in [4.78, 5) is 14.6. The molecule has 0 bridgehead atoms. The van der Waals surface area contributed by atoms with Crippen LogP contribution in [0.3, 0.4) is 0 Å². The Labute approximate surface area is 128 Å². The van der Waals surface area contributed by atoms with E-state index in [4.69, 9.17) is 5.73 Å². The van der Waals surface area contributed by atoms with Crippen LogP contribution in [0.5, 0.6) is 0 Å². The second-order valence-corrected chi connectivity index (χ2v) is 6.30. The van der Waals surface area contributed by atoms with E-state index in [1.807, 2.05) is 36.1 Å². The van der Waals surface area contributed by atoms with Gasteiger partial charge in [0.05, 0.1) is 0 Å². The lowest BCUT2D eigenvalue weighted by Crippen LogP contribution is -2.39. The van der Waals surface area contributed by atoms with Crippen molar-refractivity contribution in [2.45, 2.75) is 52.0 Å². The van der Waals surface area contributed by atoms with Gasteiger partial charge in [-0.1, -0.05) is 49.6 Å².